The zero-order valence-corrected chi connectivity index (χ0v) is 20.8. The third-order valence-electron chi connectivity index (χ3n) is 5.66. The first-order valence-electron chi connectivity index (χ1n) is 11.5. The number of carboxylic acid groups (broad SMARTS) is 1. The molecule has 0 unspecified atom stereocenters. The Morgan fingerprint density at radius 1 is 1.25 bits per heavy atom. The zero-order chi connectivity index (χ0) is 25.7. The van der Waals surface area contributed by atoms with E-state index in [0.717, 1.165) is 33.2 Å². The van der Waals surface area contributed by atoms with E-state index in [4.69, 9.17) is 4.74 Å². The molecule has 0 bridgehead atoms. The van der Waals surface area contributed by atoms with Crippen LogP contribution < -0.4 is 10.1 Å². The molecule has 184 valence electrons. The Morgan fingerprint density at radius 3 is 2.83 bits per heavy atom. The number of hydrogen-bond acceptors (Lipinski definition) is 7. The van der Waals surface area contributed by atoms with E-state index in [1.54, 1.807) is 18.2 Å². The maximum absolute atomic E-state index is 14.0. The van der Waals surface area contributed by atoms with Crippen LogP contribution in [-0.2, 0) is 17.6 Å². The van der Waals surface area contributed by atoms with Crippen molar-refractivity contribution in [2.45, 2.75) is 33.1 Å². The van der Waals surface area contributed by atoms with Crippen molar-refractivity contribution in [3.05, 3.63) is 70.1 Å². The van der Waals surface area contributed by atoms with E-state index < -0.39 is 5.97 Å². The Balaban J connectivity index is 1.53. The maximum atomic E-state index is 14.0. The quantitative estimate of drug-likeness (QED) is 0.283. The minimum absolute atomic E-state index is 0.124. The minimum atomic E-state index is -0.923. The number of aromatic nitrogens is 2. The summed E-state index contributed by atoms with van der Waals surface area (Å²) in [6.45, 7) is 4.81. The third-order valence-corrected chi connectivity index (χ3v) is 6.95. The second-order valence-electron chi connectivity index (χ2n) is 8.33. The average Bonchev–Trinajstić information content (AvgIpc) is 3.21. The molecule has 0 aliphatic heterocycles. The Labute approximate surface area is 212 Å². The van der Waals surface area contributed by atoms with Crippen LogP contribution in [0.25, 0.3) is 21.3 Å². The molecule has 7 nitrogen and oxygen atoms in total. The van der Waals surface area contributed by atoms with E-state index >= 15 is 0 Å². The minimum Gasteiger partial charge on any atom is -0.493 e. The summed E-state index contributed by atoms with van der Waals surface area (Å²) in [5, 5.41) is 22.8. The first kappa shape index (κ1) is 25.1. The van der Waals surface area contributed by atoms with Gasteiger partial charge in [-0.1, -0.05) is 19.1 Å². The summed E-state index contributed by atoms with van der Waals surface area (Å²) >= 11 is 1.39. The van der Waals surface area contributed by atoms with Gasteiger partial charge in [0.05, 0.1) is 18.7 Å². The van der Waals surface area contributed by atoms with Gasteiger partial charge in [-0.25, -0.2) is 14.4 Å². The third kappa shape index (κ3) is 5.61. The molecule has 2 heterocycles. The lowest BCUT2D eigenvalue weighted by atomic mass is 10.0. The van der Waals surface area contributed by atoms with E-state index in [0.29, 0.717) is 47.3 Å². The number of hydrogen-bond donors (Lipinski definition) is 2. The summed E-state index contributed by atoms with van der Waals surface area (Å²) < 4.78 is 20.7. The predicted octanol–water partition coefficient (Wildman–Crippen LogP) is 5.75. The number of carbonyl (C=O) groups is 1. The van der Waals surface area contributed by atoms with Gasteiger partial charge in [-0.15, -0.1) is 11.3 Å². The molecule has 9 heteroatoms. The molecule has 2 aromatic heterocycles. The van der Waals surface area contributed by atoms with Crippen LogP contribution in [0, 0.1) is 24.1 Å². The molecular weight excluding hydrogens is 479 g/mol. The number of aryl methyl sites for hydroxylation is 1. The number of rotatable bonds is 10. The van der Waals surface area contributed by atoms with Crippen molar-refractivity contribution >= 4 is 33.2 Å². The molecule has 0 fully saturated rings. The van der Waals surface area contributed by atoms with E-state index in [1.807, 2.05) is 19.9 Å². The molecule has 2 aromatic carbocycles. The summed E-state index contributed by atoms with van der Waals surface area (Å²) in [5.74, 6) is -0.103. The fourth-order valence-electron chi connectivity index (χ4n) is 4.01. The highest BCUT2D eigenvalue weighted by atomic mass is 32.1. The van der Waals surface area contributed by atoms with Gasteiger partial charge in [0.1, 0.15) is 34.7 Å². The molecule has 36 heavy (non-hydrogen) atoms. The second-order valence-corrected chi connectivity index (χ2v) is 9.35. The van der Waals surface area contributed by atoms with Crippen LogP contribution in [-0.4, -0.2) is 34.2 Å². The van der Waals surface area contributed by atoms with Crippen LogP contribution in [0.1, 0.15) is 34.9 Å². The highest BCUT2D eigenvalue weighted by Crippen LogP contribution is 2.34. The smallest absolute Gasteiger partial charge is 0.307 e. The van der Waals surface area contributed by atoms with E-state index in [1.165, 1.54) is 29.8 Å². The van der Waals surface area contributed by atoms with Crippen LogP contribution in [0.5, 0.6) is 5.75 Å². The maximum Gasteiger partial charge on any atom is 0.307 e. The lowest BCUT2D eigenvalue weighted by Crippen LogP contribution is -2.07. The number of halogens is 1. The molecule has 0 aliphatic carbocycles. The first-order valence-corrected chi connectivity index (χ1v) is 12.4. The molecule has 4 aromatic rings. The lowest BCUT2D eigenvalue weighted by Gasteiger charge is -2.12. The molecule has 0 saturated heterocycles. The van der Waals surface area contributed by atoms with E-state index in [2.05, 4.69) is 21.4 Å². The summed E-state index contributed by atoms with van der Waals surface area (Å²) in [6.07, 6.45) is 2.66. The normalized spacial score (nSPS) is 10.8. The van der Waals surface area contributed by atoms with Gasteiger partial charge in [0.2, 0.25) is 0 Å². The van der Waals surface area contributed by atoms with Gasteiger partial charge in [-0.3, -0.25) is 4.79 Å². The van der Waals surface area contributed by atoms with Crippen LogP contribution in [0.15, 0.2) is 42.7 Å². The molecule has 4 rings (SSSR count). The fraction of sp³-hybridized carbons (Fsp3) is 0.259. The predicted molar refractivity (Wildman–Crippen MR) is 138 cm³/mol. The Hall–Kier alpha value is -4.03. The number of nitrogens with zero attached hydrogens (tertiary/aromatic N) is 3. The zero-order valence-electron chi connectivity index (χ0n) is 20.0. The van der Waals surface area contributed by atoms with Gasteiger partial charge in [-0.05, 0) is 49.1 Å². The monoisotopic (exact) mass is 504 g/mol. The van der Waals surface area contributed by atoms with Crippen LogP contribution >= 0.6 is 11.3 Å². The number of ether oxygens (including phenoxy) is 1. The molecule has 0 spiro atoms. The van der Waals surface area contributed by atoms with Crippen molar-refractivity contribution in [3.63, 3.8) is 0 Å². The number of fused-ring (bicyclic) bond motifs is 1. The number of anilines is 1. The summed E-state index contributed by atoms with van der Waals surface area (Å²) in [5.41, 5.74) is 3.70. The number of benzene rings is 2. The Bertz CT molecular complexity index is 1460. The van der Waals surface area contributed by atoms with Crippen molar-refractivity contribution in [1.29, 1.82) is 5.26 Å². The molecule has 0 aliphatic rings. The van der Waals surface area contributed by atoms with Crippen molar-refractivity contribution < 1.29 is 19.0 Å². The molecular formula is C27H25FN4O3S. The molecule has 0 saturated carbocycles. The van der Waals surface area contributed by atoms with Crippen LogP contribution in [0.4, 0.5) is 10.2 Å². The summed E-state index contributed by atoms with van der Waals surface area (Å²) in [7, 11) is 0. The van der Waals surface area contributed by atoms with Crippen LogP contribution in [0.3, 0.4) is 0 Å². The Morgan fingerprint density at radius 2 is 2.08 bits per heavy atom. The van der Waals surface area contributed by atoms with Gasteiger partial charge >= 0.3 is 5.97 Å². The van der Waals surface area contributed by atoms with Crippen LogP contribution in [0.2, 0.25) is 0 Å². The number of thiophene rings is 1. The number of carboxylic acids is 1. The fourth-order valence-corrected chi connectivity index (χ4v) is 5.11. The largest absolute Gasteiger partial charge is 0.493 e. The van der Waals surface area contributed by atoms with Gasteiger partial charge in [0, 0.05) is 33.8 Å². The van der Waals surface area contributed by atoms with Crippen molar-refractivity contribution in [3.8, 4) is 23.1 Å². The van der Waals surface area contributed by atoms with E-state index in [-0.39, 0.29) is 12.2 Å². The number of nitriles is 1. The summed E-state index contributed by atoms with van der Waals surface area (Å²) in [4.78, 5) is 20.4. The van der Waals surface area contributed by atoms with Gasteiger partial charge in [0.25, 0.3) is 0 Å². The van der Waals surface area contributed by atoms with E-state index in [9.17, 15) is 19.6 Å². The van der Waals surface area contributed by atoms with Gasteiger partial charge in [0.15, 0.2) is 0 Å². The molecule has 2 N–H and O–H groups in total. The molecule has 0 radical (unpaired) electrons. The molecule has 0 amide bonds. The SMILES string of the molecule is CCCOc1cc(-c2cc(NCCc3c(C#N)sc4c(C)cc(F)cc34)ncn2)ccc1CC(=O)O. The number of nitrogens with one attached hydrogen (secondary N) is 1. The Kier molecular flexibility index (Phi) is 7.76. The number of aliphatic carboxylic acids is 1. The average molecular weight is 505 g/mol. The highest BCUT2D eigenvalue weighted by molar-refractivity contribution is 7.20. The second kappa shape index (κ2) is 11.1. The first-order chi connectivity index (χ1) is 17.4. The van der Waals surface area contributed by atoms with Crippen molar-refractivity contribution in [1.82, 2.24) is 9.97 Å². The topological polar surface area (TPSA) is 108 Å². The lowest BCUT2D eigenvalue weighted by molar-refractivity contribution is -0.136. The van der Waals surface area contributed by atoms with Crippen molar-refractivity contribution in [2.75, 3.05) is 18.5 Å². The summed E-state index contributed by atoms with van der Waals surface area (Å²) in [6, 6.07) is 12.4. The standard InChI is InChI=1S/C27H25FN4O3S/c1-3-8-35-23-10-17(4-5-18(23)11-26(33)34)22-13-25(32-15-31-22)30-7-6-20-21-12-19(28)9-16(2)27(21)36-24(20)14-29/h4-5,9-10,12-13,15H,3,6-8,11H2,1-2H3,(H,33,34)(H,30,31,32). The van der Waals surface area contributed by atoms with Gasteiger partial charge < -0.3 is 15.2 Å². The van der Waals surface area contributed by atoms with Crippen molar-refractivity contribution in [2.24, 2.45) is 0 Å². The molecule has 0 atom stereocenters. The highest BCUT2D eigenvalue weighted by Gasteiger charge is 2.15. The van der Waals surface area contributed by atoms with Gasteiger partial charge in [-0.2, -0.15) is 5.26 Å².